The molecule has 1 aliphatic heterocycles. The number of para-hydroxylation sites is 4. The maximum atomic E-state index is 7.20. The van der Waals surface area contributed by atoms with Gasteiger partial charge in [-0.25, -0.2) is 9.97 Å². The fourth-order valence-corrected chi connectivity index (χ4v) is 8.77. The maximum absolute atomic E-state index is 7.20. The van der Waals surface area contributed by atoms with E-state index in [1.165, 1.54) is 16.5 Å². The second-order valence-corrected chi connectivity index (χ2v) is 14.3. The third-order valence-corrected chi connectivity index (χ3v) is 11.0. The quantitative estimate of drug-likeness (QED) is 0.173. The highest BCUT2D eigenvalue weighted by Gasteiger charge is 2.41. The Morgan fingerprint density at radius 2 is 1.34 bits per heavy atom. The minimum atomic E-state index is -0.370. The first-order valence-corrected chi connectivity index (χ1v) is 18.0. The summed E-state index contributed by atoms with van der Waals surface area (Å²) >= 11 is 0. The summed E-state index contributed by atoms with van der Waals surface area (Å²) in [7, 11) is 0. The molecule has 0 bridgehead atoms. The topological polar surface area (TPSA) is 47.6 Å². The van der Waals surface area contributed by atoms with E-state index in [4.69, 9.17) is 14.7 Å². The molecule has 1 aliphatic rings. The predicted octanol–water partition coefficient (Wildman–Crippen LogP) is 12.0. The number of hydrogen-bond donors (Lipinski definition) is 0. The highest BCUT2D eigenvalue weighted by molar-refractivity contribution is 6.16. The fraction of sp³-hybridized carbons (Fsp3) is 0.0638. The standard InChI is InChI=1S/C47H33N5O/c1-47(2)36-18-8-11-21-39(36)52(42-22-12-13-25-48-42)40-29-41(43-34-17-7-10-20-38(34)51(45(43)44(40)47)30-14-4-3-5-15-30)53-31-23-24-32-33-16-6-9-19-37(33)50-27-26-49-46(50)35(32)28-31/h3-29H,1-2H3. The van der Waals surface area contributed by atoms with E-state index in [0.717, 1.165) is 78.1 Å². The summed E-state index contributed by atoms with van der Waals surface area (Å²) in [5.41, 5.74) is 9.60. The number of benzene rings is 6. The first-order chi connectivity index (χ1) is 26.1. The highest BCUT2D eigenvalue weighted by atomic mass is 16.5. The molecule has 0 atom stereocenters. The SMILES string of the molecule is CC1(C)c2ccccc2N(c2ccccn2)c2cc(Oc3ccc4c5ccccc5n5ccnc5c4c3)c3c4ccccc4n(-c4ccccc4)c3c21. The lowest BCUT2D eigenvalue weighted by atomic mass is 9.72. The summed E-state index contributed by atoms with van der Waals surface area (Å²) in [6.07, 6.45) is 5.76. The molecule has 6 heteroatoms. The number of imidazole rings is 1. The van der Waals surface area contributed by atoms with E-state index < -0.39 is 0 Å². The number of fused-ring (bicyclic) bond motifs is 12. The molecule has 0 unspecified atom stereocenters. The summed E-state index contributed by atoms with van der Waals surface area (Å²) in [4.78, 5) is 12.0. The van der Waals surface area contributed by atoms with Gasteiger partial charge in [0.2, 0.25) is 0 Å². The van der Waals surface area contributed by atoms with Crippen LogP contribution < -0.4 is 9.64 Å². The van der Waals surface area contributed by atoms with Crippen molar-refractivity contribution in [2.24, 2.45) is 0 Å². The molecule has 0 amide bonds. The van der Waals surface area contributed by atoms with Crippen LogP contribution in [0, 0.1) is 0 Å². The van der Waals surface area contributed by atoms with Crippen molar-refractivity contribution in [1.82, 2.24) is 18.9 Å². The lowest BCUT2D eigenvalue weighted by Crippen LogP contribution is -2.31. The molecule has 4 aromatic heterocycles. The van der Waals surface area contributed by atoms with Crippen molar-refractivity contribution >= 4 is 66.3 Å². The van der Waals surface area contributed by atoms with Crippen LogP contribution in [0.25, 0.3) is 54.8 Å². The molecule has 0 N–H and O–H groups in total. The third-order valence-electron chi connectivity index (χ3n) is 11.0. The second kappa shape index (κ2) is 11.0. The molecular weight excluding hydrogens is 651 g/mol. The van der Waals surface area contributed by atoms with Crippen molar-refractivity contribution in [3.8, 4) is 17.2 Å². The fourth-order valence-electron chi connectivity index (χ4n) is 8.77. The van der Waals surface area contributed by atoms with Crippen molar-refractivity contribution in [2.45, 2.75) is 19.3 Å². The van der Waals surface area contributed by atoms with Crippen molar-refractivity contribution in [1.29, 1.82) is 0 Å². The molecule has 11 rings (SSSR count). The molecule has 0 fully saturated rings. The van der Waals surface area contributed by atoms with E-state index in [-0.39, 0.29) is 5.41 Å². The minimum Gasteiger partial charge on any atom is -0.457 e. The Morgan fingerprint density at radius 1 is 0.585 bits per heavy atom. The van der Waals surface area contributed by atoms with Gasteiger partial charge >= 0.3 is 0 Å². The Hall–Kier alpha value is -6.92. The van der Waals surface area contributed by atoms with Gasteiger partial charge < -0.3 is 9.30 Å². The number of rotatable bonds is 4. The smallest absolute Gasteiger partial charge is 0.145 e. The van der Waals surface area contributed by atoms with Gasteiger partial charge in [0.15, 0.2) is 0 Å². The van der Waals surface area contributed by atoms with E-state index in [9.17, 15) is 0 Å². The summed E-state index contributed by atoms with van der Waals surface area (Å²) in [5, 5.41) is 5.56. The lowest BCUT2D eigenvalue weighted by Gasteiger charge is -2.42. The van der Waals surface area contributed by atoms with Crippen LogP contribution in [0.1, 0.15) is 25.0 Å². The molecule has 10 aromatic rings. The van der Waals surface area contributed by atoms with Gasteiger partial charge in [0, 0.05) is 57.5 Å². The van der Waals surface area contributed by atoms with Crippen molar-refractivity contribution in [2.75, 3.05) is 4.90 Å². The normalized spacial score (nSPS) is 13.6. The van der Waals surface area contributed by atoms with E-state index in [1.54, 1.807) is 0 Å². The van der Waals surface area contributed by atoms with Crippen LogP contribution in [0.3, 0.4) is 0 Å². The molecule has 6 nitrogen and oxygen atoms in total. The number of nitrogens with zero attached hydrogens (tertiary/aromatic N) is 5. The molecular formula is C47H33N5O. The zero-order chi connectivity index (χ0) is 35.3. The largest absolute Gasteiger partial charge is 0.457 e. The number of ether oxygens (including phenoxy) is 1. The van der Waals surface area contributed by atoms with Crippen LogP contribution in [0.5, 0.6) is 11.5 Å². The van der Waals surface area contributed by atoms with Gasteiger partial charge in [0.05, 0.1) is 33.3 Å². The van der Waals surface area contributed by atoms with Crippen LogP contribution in [0.2, 0.25) is 0 Å². The van der Waals surface area contributed by atoms with Gasteiger partial charge in [0.25, 0.3) is 0 Å². The highest BCUT2D eigenvalue weighted by Crippen LogP contribution is 2.57. The number of aromatic nitrogens is 4. The van der Waals surface area contributed by atoms with Crippen molar-refractivity contribution < 1.29 is 4.74 Å². The van der Waals surface area contributed by atoms with Crippen molar-refractivity contribution in [3.05, 3.63) is 175 Å². The first-order valence-electron chi connectivity index (χ1n) is 18.0. The van der Waals surface area contributed by atoms with Gasteiger partial charge in [-0.1, -0.05) is 92.7 Å². The Morgan fingerprint density at radius 3 is 2.19 bits per heavy atom. The number of anilines is 3. The van der Waals surface area contributed by atoms with Crippen LogP contribution in [0.15, 0.2) is 164 Å². The predicted molar refractivity (Wildman–Crippen MR) is 216 cm³/mol. The molecule has 0 radical (unpaired) electrons. The molecule has 0 aliphatic carbocycles. The van der Waals surface area contributed by atoms with E-state index in [2.05, 4.69) is 167 Å². The number of hydrogen-bond acceptors (Lipinski definition) is 4. The molecule has 252 valence electrons. The van der Waals surface area contributed by atoms with Crippen LogP contribution in [-0.2, 0) is 5.41 Å². The Bertz CT molecular complexity index is 3070. The van der Waals surface area contributed by atoms with Crippen LogP contribution in [0.4, 0.5) is 17.2 Å². The Balaban J connectivity index is 1.26. The molecule has 6 aromatic carbocycles. The lowest BCUT2D eigenvalue weighted by molar-refractivity contribution is 0.489. The van der Waals surface area contributed by atoms with Crippen LogP contribution in [-0.4, -0.2) is 18.9 Å². The Kier molecular flexibility index (Phi) is 6.20. The monoisotopic (exact) mass is 683 g/mol. The van der Waals surface area contributed by atoms with Gasteiger partial charge in [-0.15, -0.1) is 0 Å². The van der Waals surface area contributed by atoms with E-state index in [1.807, 2.05) is 24.7 Å². The number of pyridine rings is 2. The zero-order valence-electron chi connectivity index (χ0n) is 29.2. The van der Waals surface area contributed by atoms with E-state index >= 15 is 0 Å². The van der Waals surface area contributed by atoms with Gasteiger partial charge in [-0.2, -0.15) is 0 Å². The summed E-state index contributed by atoms with van der Waals surface area (Å²) < 4.78 is 11.8. The van der Waals surface area contributed by atoms with Gasteiger partial charge in [-0.05, 0) is 71.6 Å². The molecule has 0 saturated heterocycles. The van der Waals surface area contributed by atoms with Crippen LogP contribution >= 0.6 is 0 Å². The molecule has 53 heavy (non-hydrogen) atoms. The van der Waals surface area contributed by atoms with Gasteiger partial charge in [0.1, 0.15) is 23.0 Å². The first kappa shape index (κ1) is 29.8. The maximum Gasteiger partial charge on any atom is 0.145 e. The average molecular weight is 684 g/mol. The van der Waals surface area contributed by atoms with Crippen molar-refractivity contribution in [3.63, 3.8) is 0 Å². The zero-order valence-corrected chi connectivity index (χ0v) is 29.2. The molecule has 5 heterocycles. The third kappa shape index (κ3) is 4.20. The minimum absolute atomic E-state index is 0.370. The van der Waals surface area contributed by atoms with Gasteiger partial charge in [-0.3, -0.25) is 9.30 Å². The summed E-state index contributed by atoms with van der Waals surface area (Å²) in [6.45, 7) is 4.69. The average Bonchev–Trinajstić information content (AvgIpc) is 3.83. The Labute approximate surface area is 305 Å². The molecule has 0 spiro atoms. The summed E-state index contributed by atoms with van der Waals surface area (Å²) in [6, 6.07) is 51.3. The van der Waals surface area contributed by atoms with E-state index in [0.29, 0.717) is 0 Å². The summed E-state index contributed by atoms with van der Waals surface area (Å²) in [5.74, 6) is 2.37. The second-order valence-electron chi connectivity index (χ2n) is 14.3. The molecule has 0 saturated carbocycles.